The maximum Gasteiger partial charge on any atom is 0.166 e. The fraction of sp³-hybridized carbons (Fsp3) is 0. The maximum absolute atomic E-state index is 5.84. The summed E-state index contributed by atoms with van der Waals surface area (Å²) >= 11 is 11.6. The van der Waals surface area contributed by atoms with Crippen LogP contribution in [0.2, 0.25) is 10.0 Å². The normalized spacial score (nSPS) is 10.3. The average molecular weight is 214 g/mol. The lowest BCUT2D eigenvalue weighted by molar-refractivity contribution is 0.432. The number of hydrogen-bond acceptors (Lipinski definition) is 2. The number of halogens is 2. The molecule has 0 radical (unpaired) electrons. The van der Waals surface area contributed by atoms with Crippen LogP contribution in [0.5, 0.6) is 0 Å². The van der Waals surface area contributed by atoms with Gasteiger partial charge in [0.1, 0.15) is 0 Å². The van der Waals surface area contributed by atoms with Gasteiger partial charge in [0, 0.05) is 11.6 Å². The minimum Gasteiger partial charge on any atom is -0.356 e. The molecule has 13 heavy (non-hydrogen) atoms. The first kappa shape index (κ1) is 8.60. The summed E-state index contributed by atoms with van der Waals surface area (Å²) < 4.78 is 4.96. The van der Waals surface area contributed by atoms with Gasteiger partial charge < -0.3 is 4.52 Å². The molecule has 2 rings (SSSR count). The van der Waals surface area contributed by atoms with E-state index >= 15 is 0 Å². The highest BCUT2D eigenvalue weighted by molar-refractivity contribution is 6.42. The van der Waals surface area contributed by atoms with Crippen LogP contribution in [0.25, 0.3) is 11.3 Å². The summed E-state index contributed by atoms with van der Waals surface area (Å²) in [6, 6.07) is 7.06. The lowest BCUT2D eigenvalue weighted by Gasteiger charge is -1.97. The van der Waals surface area contributed by atoms with E-state index in [9.17, 15) is 0 Å². The predicted octanol–water partition coefficient (Wildman–Crippen LogP) is 3.65. The van der Waals surface area contributed by atoms with E-state index in [1.165, 1.54) is 0 Å². The van der Waals surface area contributed by atoms with Crippen molar-refractivity contribution in [3.63, 3.8) is 0 Å². The van der Waals surface area contributed by atoms with Crippen LogP contribution in [0, 0.1) is 0 Å². The van der Waals surface area contributed by atoms with Gasteiger partial charge in [0.05, 0.1) is 16.2 Å². The predicted molar refractivity (Wildman–Crippen MR) is 52.0 cm³/mol. The quantitative estimate of drug-likeness (QED) is 0.723. The van der Waals surface area contributed by atoms with Crippen molar-refractivity contribution in [1.29, 1.82) is 0 Å². The average Bonchev–Trinajstić information content (AvgIpc) is 2.62. The minimum atomic E-state index is 0.510. The second kappa shape index (κ2) is 3.40. The van der Waals surface area contributed by atoms with E-state index in [0.717, 1.165) is 5.56 Å². The van der Waals surface area contributed by atoms with Crippen LogP contribution < -0.4 is 0 Å². The van der Waals surface area contributed by atoms with E-state index in [1.54, 1.807) is 24.4 Å². The summed E-state index contributed by atoms with van der Waals surface area (Å²) in [6.07, 6.45) is 1.58. The lowest BCUT2D eigenvalue weighted by atomic mass is 10.2. The molecule has 4 heteroatoms. The van der Waals surface area contributed by atoms with E-state index in [-0.39, 0.29) is 0 Å². The molecule has 0 saturated heterocycles. The molecule has 0 aliphatic carbocycles. The Kier molecular flexibility index (Phi) is 2.25. The molecule has 1 heterocycles. The Balaban J connectivity index is 2.49. The van der Waals surface area contributed by atoms with Crippen LogP contribution in [0.15, 0.2) is 35.0 Å². The van der Waals surface area contributed by atoms with Gasteiger partial charge in [-0.25, -0.2) is 0 Å². The third kappa shape index (κ3) is 1.69. The van der Waals surface area contributed by atoms with Crippen LogP contribution in [0.3, 0.4) is 0 Å². The highest BCUT2D eigenvalue weighted by Gasteiger charge is 2.04. The van der Waals surface area contributed by atoms with Gasteiger partial charge in [-0.2, -0.15) is 0 Å². The van der Waals surface area contributed by atoms with Crippen molar-refractivity contribution < 1.29 is 4.52 Å². The molecule has 1 aromatic heterocycles. The van der Waals surface area contributed by atoms with Gasteiger partial charge in [0.2, 0.25) is 0 Å². The molecule has 0 atom stereocenters. The second-order valence-corrected chi connectivity index (χ2v) is 3.32. The highest BCUT2D eigenvalue weighted by Crippen LogP contribution is 2.27. The van der Waals surface area contributed by atoms with Gasteiger partial charge in [0.25, 0.3) is 0 Å². The Hall–Kier alpha value is -0.990. The zero-order valence-corrected chi connectivity index (χ0v) is 8.01. The van der Waals surface area contributed by atoms with Crippen LogP contribution in [0.1, 0.15) is 0 Å². The number of nitrogens with zero attached hydrogens (tertiary/aromatic N) is 1. The van der Waals surface area contributed by atoms with Crippen molar-refractivity contribution in [3.05, 3.63) is 40.5 Å². The smallest absolute Gasteiger partial charge is 0.166 e. The van der Waals surface area contributed by atoms with Crippen LogP contribution >= 0.6 is 23.2 Å². The SMILES string of the molecule is Clc1ccc(-c2ccno2)cc1Cl. The molecule has 0 fully saturated rings. The summed E-state index contributed by atoms with van der Waals surface area (Å²) in [6.45, 7) is 0. The molecule has 0 aliphatic rings. The highest BCUT2D eigenvalue weighted by atomic mass is 35.5. The Morgan fingerprint density at radius 1 is 1.08 bits per heavy atom. The Bertz CT molecular complexity index is 412. The summed E-state index contributed by atoms with van der Waals surface area (Å²) in [5.41, 5.74) is 0.868. The third-order valence-electron chi connectivity index (χ3n) is 1.64. The Morgan fingerprint density at radius 2 is 1.92 bits per heavy atom. The second-order valence-electron chi connectivity index (χ2n) is 2.51. The van der Waals surface area contributed by atoms with Gasteiger partial charge in [-0.3, -0.25) is 0 Å². The zero-order chi connectivity index (χ0) is 9.26. The van der Waals surface area contributed by atoms with Crippen molar-refractivity contribution in [2.24, 2.45) is 0 Å². The van der Waals surface area contributed by atoms with Crippen molar-refractivity contribution in [3.8, 4) is 11.3 Å². The minimum absolute atomic E-state index is 0.510. The van der Waals surface area contributed by atoms with Gasteiger partial charge >= 0.3 is 0 Å². The van der Waals surface area contributed by atoms with Crippen molar-refractivity contribution in [2.75, 3.05) is 0 Å². The molecule has 0 aliphatic heterocycles. The summed E-state index contributed by atoms with van der Waals surface area (Å²) in [7, 11) is 0. The fourth-order valence-corrected chi connectivity index (χ4v) is 1.31. The molecule has 0 unspecified atom stereocenters. The molecule has 0 spiro atoms. The van der Waals surface area contributed by atoms with Gasteiger partial charge in [0.15, 0.2) is 5.76 Å². The first-order valence-corrected chi connectivity index (χ1v) is 4.39. The van der Waals surface area contributed by atoms with E-state index in [0.29, 0.717) is 15.8 Å². The monoisotopic (exact) mass is 213 g/mol. The first-order chi connectivity index (χ1) is 6.27. The zero-order valence-electron chi connectivity index (χ0n) is 6.50. The van der Waals surface area contributed by atoms with E-state index < -0.39 is 0 Å². The largest absolute Gasteiger partial charge is 0.356 e. The first-order valence-electron chi connectivity index (χ1n) is 3.63. The molecular weight excluding hydrogens is 209 g/mol. The lowest BCUT2D eigenvalue weighted by Crippen LogP contribution is -1.74. The molecule has 2 nitrogen and oxygen atoms in total. The molecule has 0 N–H and O–H groups in total. The number of benzene rings is 1. The molecule has 2 aromatic rings. The molecular formula is C9H5Cl2NO. The van der Waals surface area contributed by atoms with Crippen molar-refractivity contribution in [1.82, 2.24) is 5.16 Å². The van der Waals surface area contributed by atoms with Gasteiger partial charge in [-0.1, -0.05) is 28.4 Å². The molecule has 0 amide bonds. The van der Waals surface area contributed by atoms with Crippen molar-refractivity contribution >= 4 is 23.2 Å². The summed E-state index contributed by atoms with van der Waals surface area (Å²) in [5, 5.41) is 4.64. The standard InChI is InChI=1S/C9H5Cl2NO/c10-7-2-1-6(5-8(7)11)9-3-4-12-13-9/h1-5H. The fourth-order valence-electron chi connectivity index (χ4n) is 1.01. The van der Waals surface area contributed by atoms with Crippen molar-refractivity contribution in [2.45, 2.75) is 0 Å². The number of aromatic nitrogens is 1. The van der Waals surface area contributed by atoms with Gasteiger partial charge in [-0.15, -0.1) is 0 Å². The van der Waals surface area contributed by atoms with Crippen LogP contribution in [-0.4, -0.2) is 5.16 Å². The van der Waals surface area contributed by atoms with E-state index in [1.807, 2.05) is 6.07 Å². The third-order valence-corrected chi connectivity index (χ3v) is 2.38. The summed E-state index contributed by atoms with van der Waals surface area (Å²) in [5.74, 6) is 0.679. The topological polar surface area (TPSA) is 26.0 Å². The summed E-state index contributed by atoms with van der Waals surface area (Å²) in [4.78, 5) is 0. The van der Waals surface area contributed by atoms with E-state index in [4.69, 9.17) is 27.7 Å². The molecule has 1 aromatic carbocycles. The maximum atomic E-state index is 5.84. The van der Waals surface area contributed by atoms with Crippen LogP contribution in [-0.2, 0) is 0 Å². The number of rotatable bonds is 1. The van der Waals surface area contributed by atoms with E-state index in [2.05, 4.69) is 5.16 Å². The molecule has 0 saturated carbocycles. The Labute approximate surface area is 85.1 Å². The Morgan fingerprint density at radius 3 is 2.54 bits per heavy atom. The van der Waals surface area contributed by atoms with Gasteiger partial charge in [-0.05, 0) is 18.2 Å². The molecule has 0 bridgehead atoms. The van der Waals surface area contributed by atoms with Crippen LogP contribution in [0.4, 0.5) is 0 Å². The molecule has 66 valence electrons. The number of hydrogen-bond donors (Lipinski definition) is 0.